The summed E-state index contributed by atoms with van der Waals surface area (Å²) in [5.74, 6) is 0.667. The van der Waals surface area contributed by atoms with Gasteiger partial charge in [-0.05, 0) is 51.2 Å². The fourth-order valence-corrected chi connectivity index (χ4v) is 1.36. The lowest BCUT2D eigenvalue weighted by atomic mass is 9.97. The molecule has 6 N–H and O–H groups in total. The van der Waals surface area contributed by atoms with Gasteiger partial charge in [0.1, 0.15) is 0 Å². The van der Waals surface area contributed by atoms with Crippen LogP contribution in [0, 0.1) is 5.92 Å². The molecular formula is C9H23N3. The topological polar surface area (TPSA) is 78.1 Å². The van der Waals surface area contributed by atoms with Crippen LogP contribution in [0.2, 0.25) is 0 Å². The maximum Gasteiger partial charge on any atom is -0.00489 e. The van der Waals surface area contributed by atoms with Crippen LogP contribution < -0.4 is 17.2 Å². The monoisotopic (exact) mass is 173 g/mol. The second-order valence-electron chi connectivity index (χ2n) is 3.32. The van der Waals surface area contributed by atoms with E-state index in [9.17, 15) is 0 Å². The Hall–Kier alpha value is -0.120. The summed E-state index contributed by atoms with van der Waals surface area (Å²) >= 11 is 0. The van der Waals surface area contributed by atoms with E-state index in [1.807, 2.05) is 0 Å². The zero-order valence-corrected chi connectivity index (χ0v) is 7.97. The summed E-state index contributed by atoms with van der Waals surface area (Å²) in [4.78, 5) is 0. The first kappa shape index (κ1) is 11.9. The average Bonchev–Trinajstić information content (AvgIpc) is 2.11. The maximum atomic E-state index is 5.62. The number of hydrogen-bond donors (Lipinski definition) is 3. The molecule has 0 aromatic rings. The molecule has 0 aliphatic carbocycles. The highest BCUT2D eigenvalue weighted by Crippen LogP contribution is 2.12. The second-order valence-corrected chi connectivity index (χ2v) is 3.32. The molecular weight excluding hydrogens is 150 g/mol. The molecule has 0 saturated heterocycles. The van der Waals surface area contributed by atoms with E-state index in [4.69, 9.17) is 17.2 Å². The molecule has 0 spiro atoms. The van der Waals surface area contributed by atoms with Crippen LogP contribution >= 0.6 is 0 Å². The minimum atomic E-state index is 0.667. The maximum absolute atomic E-state index is 5.62. The van der Waals surface area contributed by atoms with Crippen molar-refractivity contribution in [3.63, 3.8) is 0 Å². The lowest BCUT2D eigenvalue weighted by Gasteiger charge is -2.13. The van der Waals surface area contributed by atoms with Crippen molar-refractivity contribution >= 4 is 0 Å². The molecule has 0 radical (unpaired) electrons. The quantitative estimate of drug-likeness (QED) is 0.466. The van der Waals surface area contributed by atoms with Gasteiger partial charge < -0.3 is 17.2 Å². The largest absolute Gasteiger partial charge is 0.330 e. The molecule has 1 atom stereocenters. The molecule has 0 saturated carbocycles. The van der Waals surface area contributed by atoms with Crippen LogP contribution in [0.25, 0.3) is 0 Å². The zero-order valence-electron chi connectivity index (χ0n) is 7.97. The molecule has 0 aromatic carbocycles. The summed E-state index contributed by atoms with van der Waals surface area (Å²) in [6.45, 7) is 2.38. The van der Waals surface area contributed by atoms with E-state index in [1.54, 1.807) is 0 Å². The molecule has 0 bridgehead atoms. The van der Waals surface area contributed by atoms with E-state index in [0.29, 0.717) is 5.92 Å². The van der Waals surface area contributed by atoms with Crippen molar-refractivity contribution in [3.05, 3.63) is 0 Å². The normalized spacial score (nSPS) is 13.2. The van der Waals surface area contributed by atoms with E-state index in [-0.39, 0.29) is 0 Å². The van der Waals surface area contributed by atoms with Crippen molar-refractivity contribution in [3.8, 4) is 0 Å². The SMILES string of the molecule is NCCCCC(CN)CCCN. The van der Waals surface area contributed by atoms with E-state index < -0.39 is 0 Å². The fourth-order valence-electron chi connectivity index (χ4n) is 1.36. The zero-order chi connectivity index (χ0) is 9.23. The van der Waals surface area contributed by atoms with Gasteiger partial charge in [0, 0.05) is 0 Å². The van der Waals surface area contributed by atoms with Crippen molar-refractivity contribution in [2.75, 3.05) is 19.6 Å². The van der Waals surface area contributed by atoms with Crippen LogP contribution in [0.5, 0.6) is 0 Å². The van der Waals surface area contributed by atoms with Gasteiger partial charge in [0.05, 0.1) is 0 Å². The average molecular weight is 173 g/mol. The van der Waals surface area contributed by atoms with Crippen LogP contribution in [0.3, 0.4) is 0 Å². The highest BCUT2D eigenvalue weighted by Gasteiger charge is 2.04. The van der Waals surface area contributed by atoms with Gasteiger partial charge in [-0.2, -0.15) is 0 Å². The van der Waals surface area contributed by atoms with Crippen LogP contribution in [0.1, 0.15) is 32.1 Å². The highest BCUT2D eigenvalue weighted by molar-refractivity contribution is 4.60. The van der Waals surface area contributed by atoms with Crippen molar-refractivity contribution in [2.45, 2.75) is 32.1 Å². The van der Waals surface area contributed by atoms with Gasteiger partial charge in [-0.1, -0.05) is 6.42 Å². The summed E-state index contributed by atoms with van der Waals surface area (Å²) in [6, 6.07) is 0. The predicted octanol–water partition coefficient (Wildman–Crippen LogP) is 0.429. The first-order valence-electron chi connectivity index (χ1n) is 4.95. The second kappa shape index (κ2) is 8.97. The summed E-state index contributed by atoms with van der Waals surface area (Å²) < 4.78 is 0. The Balaban J connectivity index is 3.26. The van der Waals surface area contributed by atoms with Crippen molar-refractivity contribution in [2.24, 2.45) is 23.1 Å². The van der Waals surface area contributed by atoms with E-state index in [0.717, 1.165) is 32.5 Å². The summed E-state index contributed by atoms with van der Waals surface area (Å²) in [7, 11) is 0. The lowest BCUT2D eigenvalue weighted by molar-refractivity contribution is 0.431. The molecule has 74 valence electrons. The number of hydrogen-bond acceptors (Lipinski definition) is 3. The minimum absolute atomic E-state index is 0.667. The van der Waals surface area contributed by atoms with Gasteiger partial charge >= 0.3 is 0 Å². The molecule has 0 amide bonds. The number of unbranched alkanes of at least 4 members (excludes halogenated alkanes) is 1. The molecule has 0 heterocycles. The van der Waals surface area contributed by atoms with E-state index >= 15 is 0 Å². The first-order valence-corrected chi connectivity index (χ1v) is 4.95. The Morgan fingerprint density at radius 1 is 0.750 bits per heavy atom. The molecule has 0 aromatic heterocycles. The van der Waals surface area contributed by atoms with E-state index in [1.165, 1.54) is 19.3 Å². The van der Waals surface area contributed by atoms with Crippen molar-refractivity contribution < 1.29 is 0 Å². The molecule has 0 aliphatic heterocycles. The van der Waals surface area contributed by atoms with E-state index in [2.05, 4.69) is 0 Å². The molecule has 0 fully saturated rings. The van der Waals surface area contributed by atoms with Gasteiger partial charge in [-0.15, -0.1) is 0 Å². The van der Waals surface area contributed by atoms with Crippen LogP contribution in [-0.2, 0) is 0 Å². The lowest BCUT2D eigenvalue weighted by Crippen LogP contribution is -2.16. The minimum Gasteiger partial charge on any atom is -0.330 e. The molecule has 12 heavy (non-hydrogen) atoms. The predicted molar refractivity (Wildman–Crippen MR) is 53.7 cm³/mol. The number of nitrogens with two attached hydrogens (primary N) is 3. The molecule has 1 unspecified atom stereocenters. The molecule has 3 nitrogen and oxygen atoms in total. The highest BCUT2D eigenvalue weighted by atomic mass is 14.6. The Morgan fingerprint density at radius 3 is 1.83 bits per heavy atom. The fraction of sp³-hybridized carbons (Fsp3) is 1.00. The van der Waals surface area contributed by atoms with Crippen LogP contribution in [0.4, 0.5) is 0 Å². The summed E-state index contributed by atoms with van der Waals surface area (Å²) in [5.41, 5.74) is 16.5. The Labute approximate surface area is 75.7 Å². The Bertz CT molecular complexity index is 85.8. The third-order valence-corrected chi connectivity index (χ3v) is 2.22. The third kappa shape index (κ3) is 6.58. The van der Waals surface area contributed by atoms with Gasteiger partial charge in [0.25, 0.3) is 0 Å². The van der Waals surface area contributed by atoms with Gasteiger partial charge in [0.2, 0.25) is 0 Å². The van der Waals surface area contributed by atoms with Crippen LogP contribution in [-0.4, -0.2) is 19.6 Å². The molecule has 0 rings (SSSR count). The molecule has 3 heteroatoms. The van der Waals surface area contributed by atoms with Gasteiger partial charge in [0.15, 0.2) is 0 Å². The Morgan fingerprint density at radius 2 is 1.33 bits per heavy atom. The number of rotatable bonds is 8. The van der Waals surface area contributed by atoms with Crippen LogP contribution in [0.15, 0.2) is 0 Å². The van der Waals surface area contributed by atoms with Crippen molar-refractivity contribution in [1.29, 1.82) is 0 Å². The Kier molecular flexibility index (Phi) is 8.88. The first-order chi connectivity index (χ1) is 5.85. The smallest absolute Gasteiger partial charge is 0.00489 e. The van der Waals surface area contributed by atoms with Gasteiger partial charge in [-0.25, -0.2) is 0 Å². The third-order valence-electron chi connectivity index (χ3n) is 2.22. The molecule has 0 aliphatic rings. The summed E-state index contributed by atoms with van der Waals surface area (Å²) in [5, 5.41) is 0. The van der Waals surface area contributed by atoms with Crippen molar-refractivity contribution in [1.82, 2.24) is 0 Å². The summed E-state index contributed by atoms with van der Waals surface area (Å²) in [6.07, 6.45) is 5.83. The standard InChI is InChI=1S/C9H23N3/c10-6-2-1-4-9(8-12)5-3-7-11/h9H,1-8,10-12H2. The van der Waals surface area contributed by atoms with Gasteiger partial charge in [-0.3, -0.25) is 0 Å².